The van der Waals surface area contributed by atoms with Crippen LogP contribution in [0.5, 0.6) is 0 Å². The molecule has 0 aromatic heterocycles. The summed E-state index contributed by atoms with van der Waals surface area (Å²) in [5.74, 6) is -2.49. The van der Waals surface area contributed by atoms with Crippen molar-refractivity contribution >= 4 is 11.8 Å². The molecule has 6 heteroatoms. The number of hydrogen-bond acceptors (Lipinski definition) is 4. The third kappa shape index (κ3) is 5.15. The summed E-state index contributed by atoms with van der Waals surface area (Å²) in [6.07, 6.45) is 0.157. The molecule has 0 aromatic carbocycles. The fraction of sp³-hybridized carbons (Fsp3) is 0.714. The van der Waals surface area contributed by atoms with Crippen LogP contribution in [0.25, 0.3) is 0 Å². The normalized spacial score (nSPS) is 10.3. The molecule has 0 rings (SSSR count). The van der Waals surface area contributed by atoms with Gasteiger partial charge in [-0.1, -0.05) is 0 Å². The van der Waals surface area contributed by atoms with Crippen molar-refractivity contribution in [2.75, 3.05) is 19.8 Å². The Bertz CT molecular complexity index is 169. The second-order valence-corrected chi connectivity index (χ2v) is 2.48. The minimum Gasteiger partial charge on any atom is -0.394 e. The predicted molar refractivity (Wildman–Crippen MR) is 44.4 cm³/mol. The molecule has 0 saturated carbocycles. The van der Waals surface area contributed by atoms with Gasteiger partial charge in [0.2, 0.25) is 11.8 Å². The number of primary amides is 2. The predicted octanol–water partition coefficient (Wildman–Crippen LogP) is -2.03. The summed E-state index contributed by atoms with van der Waals surface area (Å²) in [7, 11) is 0. The Labute approximate surface area is 75.8 Å². The third-order valence-electron chi connectivity index (χ3n) is 1.47. The zero-order valence-corrected chi connectivity index (χ0v) is 7.23. The molecule has 0 unspecified atom stereocenters. The van der Waals surface area contributed by atoms with E-state index in [-0.39, 0.29) is 26.2 Å². The number of aliphatic hydroxyl groups excluding tert-OH is 1. The van der Waals surface area contributed by atoms with Crippen LogP contribution in [0, 0.1) is 5.92 Å². The lowest BCUT2D eigenvalue weighted by molar-refractivity contribution is -0.132. The lowest BCUT2D eigenvalue weighted by Gasteiger charge is -2.08. The van der Waals surface area contributed by atoms with E-state index in [2.05, 4.69) is 0 Å². The topological polar surface area (TPSA) is 116 Å². The summed E-state index contributed by atoms with van der Waals surface area (Å²) >= 11 is 0. The van der Waals surface area contributed by atoms with E-state index in [0.717, 1.165) is 0 Å². The number of nitrogens with two attached hydrogens (primary N) is 2. The summed E-state index contributed by atoms with van der Waals surface area (Å²) in [6, 6.07) is 0. The highest BCUT2D eigenvalue weighted by Gasteiger charge is 2.20. The first-order valence-electron chi connectivity index (χ1n) is 3.86. The highest BCUT2D eigenvalue weighted by molar-refractivity contribution is 5.98. The van der Waals surface area contributed by atoms with Gasteiger partial charge in [0.15, 0.2) is 0 Å². The van der Waals surface area contributed by atoms with Crippen molar-refractivity contribution in [2.45, 2.75) is 6.42 Å². The minimum atomic E-state index is -0.987. The summed E-state index contributed by atoms with van der Waals surface area (Å²) in [5.41, 5.74) is 9.82. The standard InChI is InChI=1S/C7H14N2O4/c8-6(11)5(7(9)12)1-3-13-4-2-10/h5,10H,1-4H2,(H2,8,11)(H2,9,12). The molecule has 0 aliphatic heterocycles. The van der Waals surface area contributed by atoms with Crippen LogP contribution in [-0.4, -0.2) is 36.7 Å². The van der Waals surface area contributed by atoms with Gasteiger partial charge in [0.05, 0.1) is 13.2 Å². The molecule has 0 aliphatic carbocycles. The van der Waals surface area contributed by atoms with Crippen LogP contribution < -0.4 is 11.5 Å². The highest BCUT2D eigenvalue weighted by Crippen LogP contribution is 2.01. The van der Waals surface area contributed by atoms with E-state index in [4.69, 9.17) is 21.3 Å². The summed E-state index contributed by atoms with van der Waals surface area (Å²) in [6.45, 7) is 0.249. The summed E-state index contributed by atoms with van der Waals surface area (Å²) in [4.78, 5) is 21.2. The van der Waals surface area contributed by atoms with E-state index in [1.165, 1.54) is 0 Å². The van der Waals surface area contributed by atoms with Crippen LogP contribution in [0.15, 0.2) is 0 Å². The highest BCUT2D eigenvalue weighted by atomic mass is 16.5. The van der Waals surface area contributed by atoms with Gasteiger partial charge in [-0.2, -0.15) is 0 Å². The number of amides is 2. The largest absolute Gasteiger partial charge is 0.394 e. The summed E-state index contributed by atoms with van der Waals surface area (Å²) in [5, 5.41) is 8.34. The van der Waals surface area contributed by atoms with Gasteiger partial charge in [0.25, 0.3) is 0 Å². The van der Waals surface area contributed by atoms with Gasteiger partial charge in [-0.25, -0.2) is 0 Å². The Balaban J connectivity index is 3.71. The molecule has 0 radical (unpaired) electrons. The first kappa shape index (κ1) is 11.9. The maximum absolute atomic E-state index is 10.6. The van der Waals surface area contributed by atoms with Gasteiger partial charge in [-0.05, 0) is 6.42 Å². The Hall–Kier alpha value is -1.14. The Morgan fingerprint density at radius 2 is 1.77 bits per heavy atom. The molecule has 0 heterocycles. The molecule has 5 N–H and O–H groups in total. The van der Waals surface area contributed by atoms with Crippen LogP contribution in [-0.2, 0) is 14.3 Å². The van der Waals surface area contributed by atoms with Gasteiger partial charge < -0.3 is 21.3 Å². The van der Waals surface area contributed by atoms with Gasteiger partial charge >= 0.3 is 0 Å². The van der Waals surface area contributed by atoms with Crippen LogP contribution in [0.3, 0.4) is 0 Å². The van der Waals surface area contributed by atoms with Crippen LogP contribution >= 0.6 is 0 Å². The monoisotopic (exact) mass is 190 g/mol. The average molecular weight is 190 g/mol. The molecule has 0 fully saturated rings. The molecule has 0 atom stereocenters. The average Bonchev–Trinajstić information content (AvgIpc) is 2.02. The summed E-state index contributed by atoms with van der Waals surface area (Å²) < 4.78 is 4.85. The van der Waals surface area contributed by atoms with Crippen molar-refractivity contribution in [1.82, 2.24) is 0 Å². The Kier molecular flexibility index (Phi) is 5.82. The van der Waals surface area contributed by atoms with Crippen molar-refractivity contribution < 1.29 is 19.4 Å². The maximum Gasteiger partial charge on any atom is 0.230 e. The SMILES string of the molecule is NC(=O)C(CCOCCO)C(N)=O. The second kappa shape index (κ2) is 6.38. The van der Waals surface area contributed by atoms with Crippen LogP contribution in [0.1, 0.15) is 6.42 Å². The molecule has 13 heavy (non-hydrogen) atoms. The molecule has 0 bridgehead atoms. The van der Waals surface area contributed by atoms with E-state index in [1.807, 2.05) is 0 Å². The molecule has 2 amide bonds. The van der Waals surface area contributed by atoms with Crippen LogP contribution in [0.2, 0.25) is 0 Å². The van der Waals surface area contributed by atoms with Crippen LogP contribution in [0.4, 0.5) is 0 Å². The van der Waals surface area contributed by atoms with E-state index < -0.39 is 17.7 Å². The molecule has 76 valence electrons. The smallest absolute Gasteiger partial charge is 0.230 e. The number of aliphatic hydroxyl groups is 1. The number of carbonyl (C=O) groups is 2. The Morgan fingerprint density at radius 1 is 1.23 bits per heavy atom. The first-order chi connectivity index (χ1) is 6.09. The fourth-order valence-electron chi connectivity index (χ4n) is 0.793. The van der Waals surface area contributed by atoms with Crippen molar-refractivity contribution in [3.63, 3.8) is 0 Å². The number of hydrogen-bond donors (Lipinski definition) is 3. The van der Waals surface area contributed by atoms with Gasteiger partial charge in [0.1, 0.15) is 5.92 Å². The third-order valence-corrected chi connectivity index (χ3v) is 1.47. The zero-order valence-electron chi connectivity index (χ0n) is 7.23. The van der Waals surface area contributed by atoms with E-state index in [9.17, 15) is 9.59 Å². The molecular formula is C7H14N2O4. The number of rotatable bonds is 7. The van der Waals surface area contributed by atoms with Gasteiger partial charge in [-0.15, -0.1) is 0 Å². The lowest BCUT2D eigenvalue weighted by Crippen LogP contribution is -2.35. The first-order valence-corrected chi connectivity index (χ1v) is 3.86. The Morgan fingerprint density at radius 3 is 2.15 bits per heavy atom. The molecule has 0 saturated heterocycles. The van der Waals surface area contributed by atoms with Crippen molar-refractivity contribution in [2.24, 2.45) is 17.4 Å². The molecule has 0 spiro atoms. The second-order valence-electron chi connectivity index (χ2n) is 2.48. The molecule has 0 aromatic rings. The van der Waals surface area contributed by atoms with E-state index >= 15 is 0 Å². The van der Waals surface area contributed by atoms with Crippen molar-refractivity contribution in [3.05, 3.63) is 0 Å². The van der Waals surface area contributed by atoms with E-state index in [0.29, 0.717) is 0 Å². The zero-order chi connectivity index (χ0) is 10.3. The number of carbonyl (C=O) groups excluding carboxylic acids is 2. The fourth-order valence-corrected chi connectivity index (χ4v) is 0.793. The minimum absolute atomic E-state index is 0.0994. The maximum atomic E-state index is 10.6. The number of ether oxygens (including phenoxy) is 1. The van der Waals surface area contributed by atoms with Gasteiger partial charge in [0, 0.05) is 6.61 Å². The van der Waals surface area contributed by atoms with E-state index in [1.54, 1.807) is 0 Å². The van der Waals surface area contributed by atoms with Crippen molar-refractivity contribution in [3.8, 4) is 0 Å². The molecule has 6 nitrogen and oxygen atoms in total. The molecular weight excluding hydrogens is 176 g/mol. The molecule has 0 aliphatic rings. The lowest BCUT2D eigenvalue weighted by atomic mass is 10.1. The quantitative estimate of drug-likeness (QED) is 0.317. The van der Waals surface area contributed by atoms with Crippen molar-refractivity contribution in [1.29, 1.82) is 0 Å². The van der Waals surface area contributed by atoms with Gasteiger partial charge in [-0.3, -0.25) is 9.59 Å².